The molecule has 2 rings (SSSR count). The molecular weight excluding hydrogens is 296 g/mol. The fourth-order valence-corrected chi connectivity index (χ4v) is 4.25. The number of benzene rings is 1. The summed E-state index contributed by atoms with van der Waals surface area (Å²) in [5.41, 5.74) is 0.455. The highest BCUT2D eigenvalue weighted by Crippen LogP contribution is 2.21. The van der Waals surface area contributed by atoms with Crippen LogP contribution in [-0.4, -0.2) is 36.3 Å². The van der Waals surface area contributed by atoms with Crippen molar-refractivity contribution in [1.82, 2.24) is 4.31 Å². The molecule has 5 nitrogen and oxygen atoms in total. The fourth-order valence-electron chi connectivity index (χ4n) is 2.32. The number of hydrogen-bond acceptors (Lipinski definition) is 3. The lowest BCUT2D eigenvalue weighted by Crippen LogP contribution is -2.42. The largest absolute Gasteiger partial charge is 0.301 e. The predicted octanol–water partition coefficient (Wildman–Crippen LogP) is 1.81. The molecule has 1 aliphatic rings. The molecule has 1 aromatic rings. The molecule has 0 spiro atoms. The van der Waals surface area contributed by atoms with E-state index in [0.29, 0.717) is 29.6 Å². The molecule has 0 aliphatic carbocycles. The van der Waals surface area contributed by atoms with Gasteiger partial charge in [-0.05, 0) is 37.0 Å². The number of rotatable bonds is 4. The number of nitrogens with zero attached hydrogens (tertiary/aromatic N) is 1. The zero-order chi connectivity index (χ0) is 14.8. The molecule has 7 heteroatoms. The Morgan fingerprint density at radius 2 is 2.15 bits per heavy atom. The Hall–Kier alpha value is -0.920. The van der Waals surface area contributed by atoms with Crippen LogP contribution >= 0.6 is 0 Å². The first kappa shape index (κ1) is 15.5. The van der Waals surface area contributed by atoms with E-state index in [9.17, 15) is 12.6 Å². The van der Waals surface area contributed by atoms with Crippen molar-refractivity contribution in [3.8, 4) is 0 Å². The van der Waals surface area contributed by atoms with Crippen LogP contribution in [0.1, 0.15) is 19.8 Å². The monoisotopic (exact) mass is 316 g/mol. The van der Waals surface area contributed by atoms with Gasteiger partial charge in [-0.3, -0.25) is 8.93 Å². The Labute approximate surface area is 123 Å². The summed E-state index contributed by atoms with van der Waals surface area (Å²) < 4.78 is 40.1. The minimum atomic E-state index is -3.53. The van der Waals surface area contributed by atoms with Crippen LogP contribution in [0.2, 0.25) is 0 Å². The molecule has 1 aromatic carbocycles. The molecule has 20 heavy (non-hydrogen) atoms. The molecule has 1 fully saturated rings. The van der Waals surface area contributed by atoms with Crippen molar-refractivity contribution in [2.24, 2.45) is 5.92 Å². The molecule has 0 aromatic heterocycles. The van der Waals surface area contributed by atoms with Gasteiger partial charge in [0.2, 0.25) is 0 Å². The third-order valence-electron chi connectivity index (χ3n) is 3.37. The van der Waals surface area contributed by atoms with Crippen LogP contribution in [-0.2, 0) is 21.0 Å². The van der Waals surface area contributed by atoms with Crippen LogP contribution in [0, 0.1) is 5.92 Å². The molecule has 0 unspecified atom stereocenters. The molecule has 0 bridgehead atoms. The first-order chi connectivity index (χ1) is 9.38. The summed E-state index contributed by atoms with van der Waals surface area (Å²) in [6.45, 7) is 3.16. The lowest BCUT2D eigenvalue weighted by Gasteiger charge is -2.30. The minimum absolute atomic E-state index is 0.384. The number of anilines is 1. The second-order valence-electron chi connectivity index (χ2n) is 5.19. The highest BCUT2D eigenvalue weighted by atomic mass is 32.2. The van der Waals surface area contributed by atoms with E-state index in [1.165, 1.54) is 4.31 Å². The van der Waals surface area contributed by atoms with Gasteiger partial charge in [-0.2, -0.15) is 12.7 Å². The van der Waals surface area contributed by atoms with Gasteiger partial charge in [0.25, 0.3) is 0 Å². The smallest absolute Gasteiger partial charge is 0.271 e. The van der Waals surface area contributed by atoms with Gasteiger partial charge >= 0.3 is 10.2 Å². The Bertz CT molecular complexity index is 601. The molecular formula is C13H20N2O3S2. The average molecular weight is 316 g/mol. The third kappa shape index (κ3) is 3.80. The SMILES string of the molecule is C[C@H]1CCCN(S(=O)(=O)Nc2cccc([S@](C)=O)c2)C1. The van der Waals surface area contributed by atoms with Crippen LogP contribution in [0.5, 0.6) is 0 Å². The summed E-state index contributed by atoms with van der Waals surface area (Å²) in [5.74, 6) is 0.384. The van der Waals surface area contributed by atoms with Crippen molar-refractivity contribution < 1.29 is 12.6 Å². The summed E-state index contributed by atoms with van der Waals surface area (Å²) in [7, 11) is -4.65. The highest BCUT2D eigenvalue weighted by Gasteiger charge is 2.26. The van der Waals surface area contributed by atoms with Crippen LogP contribution < -0.4 is 4.72 Å². The minimum Gasteiger partial charge on any atom is -0.271 e. The maximum absolute atomic E-state index is 12.3. The Balaban J connectivity index is 2.15. The topological polar surface area (TPSA) is 66.5 Å². The van der Waals surface area contributed by atoms with Gasteiger partial charge in [-0.25, -0.2) is 0 Å². The molecule has 1 saturated heterocycles. The molecule has 0 saturated carbocycles. The van der Waals surface area contributed by atoms with E-state index >= 15 is 0 Å². The second kappa shape index (κ2) is 6.24. The Morgan fingerprint density at radius 3 is 2.80 bits per heavy atom. The van der Waals surface area contributed by atoms with Crippen molar-refractivity contribution in [2.75, 3.05) is 24.1 Å². The zero-order valence-corrected chi connectivity index (χ0v) is 13.3. The van der Waals surface area contributed by atoms with Crippen LogP contribution in [0.3, 0.4) is 0 Å². The zero-order valence-electron chi connectivity index (χ0n) is 11.7. The molecule has 1 N–H and O–H groups in total. The lowest BCUT2D eigenvalue weighted by atomic mass is 10.0. The maximum Gasteiger partial charge on any atom is 0.301 e. The fraction of sp³-hybridized carbons (Fsp3) is 0.538. The average Bonchev–Trinajstić information content (AvgIpc) is 2.38. The highest BCUT2D eigenvalue weighted by molar-refractivity contribution is 7.90. The summed E-state index contributed by atoms with van der Waals surface area (Å²) >= 11 is 0. The predicted molar refractivity (Wildman–Crippen MR) is 81.3 cm³/mol. The van der Waals surface area contributed by atoms with Crippen molar-refractivity contribution >= 4 is 26.7 Å². The van der Waals surface area contributed by atoms with E-state index in [2.05, 4.69) is 11.6 Å². The standard InChI is InChI=1S/C13H20N2O3S2/c1-11-5-4-8-15(10-11)20(17,18)14-12-6-3-7-13(9-12)19(2)16/h3,6-7,9,11,14H,4-5,8,10H2,1-2H3/t11-,19-/m0/s1. The van der Waals surface area contributed by atoms with Gasteiger partial charge in [-0.1, -0.05) is 13.0 Å². The molecule has 112 valence electrons. The summed E-state index contributed by atoms with van der Waals surface area (Å²) in [6.07, 6.45) is 3.53. The van der Waals surface area contributed by atoms with Gasteiger partial charge in [0, 0.05) is 35.0 Å². The number of piperidine rings is 1. The van der Waals surface area contributed by atoms with E-state index in [-0.39, 0.29) is 0 Å². The molecule has 1 heterocycles. The van der Waals surface area contributed by atoms with Gasteiger partial charge < -0.3 is 0 Å². The summed E-state index contributed by atoms with van der Waals surface area (Å²) in [5, 5.41) is 0. The van der Waals surface area contributed by atoms with Crippen molar-refractivity contribution in [1.29, 1.82) is 0 Å². The molecule has 1 aliphatic heterocycles. The van der Waals surface area contributed by atoms with E-state index in [0.717, 1.165) is 12.8 Å². The van der Waals surface area contributed by atoms with Gasteiger partial charge in [0.05, 0.1) is 5.69 Å². The lowest BCUT2D eigenvalue weighted by molar-refractivity contribution is 0.282. The Kier molecular flexibility index (Phi) is 4.82. The number of hydrogen-bond donors (Lipinski definition) is 1. The van der Waals surface area contributed by atoms with E-state index in [1.807, 2.05) is 0 Å². The molecule has 0 amide bonds. The van der Waals surface area contributed by atoms with Gasteiger partial charge in [-0.15, -0.1) is 0 Å². The van der Waals surface area contributed by atoms with E-state index < -0.39 is 21.0 Å². The quantitative estimate of drug-likeness (QED) is 0.921. The van der Waals surface area contributed by atoms with Gasteiger partial charge in [0.1, 0.15) is 0 Å². The first-order valence-electron chi connectivity index (χ1n) is 6.60. The van der Waals surface area contributed by atoms with Crippen molar-refractivity contribution in [2.45, 2.75) is 24.7 Å². The first-order valence-corrected chi connectivity index (χ1v) is 9.59. The third-order valence-corrected chi connectivity index (χ3v) is 5.80. The van der Waals surface area contributed by atoms with Crippen LogP contribution in [0.4, 0.5) is 5.69 Å². The van der Waals surface area contributed by atoms with Crippen LogP contribution in [0.15, 0.2) is 29.2 Å². The molecule has 0 radical (unpaired) electrons. The van der Waals surface area contributed by atoms with Gasteiger partial charge in [0.15, 0.2) is 0 Å². The van der Waals surface area contributed by atoms with Crippen LogP contribution in [0.25, 0.3) is 0 Å². The number of nitrogens with one attached hydrogen (secondary N) is 1. The van der Waals surface area contributed by atoms with E-state index in [4.69, 9.17) is 0 Å². The van der Waals surface area contributed by atoms with E-state index in [1.54, 1.807) is 30.5 Å². The van der Waals surface area contributed by atoms with Crippen molar-refractivity contribution in [3.63, 3.8) is 0 Å². The second-order valence-corrected chi connectivity index (χ2v) is 8.24. The van der Waals surface area contributed by atoms with Crippen molar-refractivity contribution in [3.05, 3.63) is 24.3 Å². The summed E-state index contributed by atoms with van der Waals surface area (Å²) in [4.78, 5) is 0.609. The Morgan fingerprint density at radius 1 is 1.40 bits per heavy atom. The molecule has 2 atom stereocenters. The normalized spacial score (nSPS) is 22.4. The maximum atomic E-state index is 12.3. The summed E-state index contributed by atoms with van der Waals surface area (Å²) in [6, 6.07) is 6.70.